The summed E-state index contributed by atoms with van der Waals surface area (Å²) in [5, 5.41) is 3.21. The number of fused-ring (bicyclic) bond motifs is 3. The third-order valence-corrected chi connectivity index (χ3v) is 6.57. The number of para-hydroxylation sites is 2. The van der Waals surface area contributed by atoms with Gasteiger partial charge in [-0.15, -0.1) is 0 Å². The maximum absolute atomic E-state index is 13.8. The number of nitrogens with one attached hydrogen (secondary N) is 1. The van der Waals surface area contributed by atoms with E-state index < -0.39 is 0 Å². The number of rotatable bonds is 4. The number of aryl methyl sites for hydroxylation is 2. The molecule has 0 unspecified atom stereocenters. The molecule has 1 aliphatic heterocycles. The Kier molecular flexibility index (Phi) is 5.74. The van der Waals surface area contributed by atoms with Gasteiger partial charge in [-0.3, -0.25) is 0 Å². The van der Waals surface area contributed by atoms with Crippen LogP contribution in [-0.4, -0.2) is 15.5 Å². The zero-order valence-corrected chi connectivity index (χ0v) is 19.2. The zero-order valence-electron chi connectivity index (χ0n) is 19.2. The van der Waals surface area contributed by atoms with Crippen LogP contribution in [0.2, 0.25) is 0 Å². The Labute approximate surface area is 195 Å². The van der Waals surface area contributed by atoms with E-state index in [9.17, 15) is 4.79 Å². The molecule has 3 aromatic carbocycles. The molecule has 33 heavy (non-hydrogen) atoms. The van der Waals surface area contributed by atoms with Gasteiger partial charge in [0.2, 0.25) is 0 Å². The number of aromatic nitrogens is 1. The van der Waals surface area contributed by atoms with Crippen molar-refractivity contribution >= 4 is 11.7 Å². The normalized spacial score (nSPS) is 14.8. The number of carbonyl (C=O) groups excluding carboxylic acids is 1. The number of urea groups is 1. The molecule has 2 amide bonds. The highest BCUT2D eigenvalue weighted by molar-refractivity contribution is 5.91. The molecular weight excluding hydrogens is 406 g/mol. The highest BCUT2D eigenvalue weighted by atomic mass is 16.2. The van der Waals surface area contributed by atoms with Gasteiger partial charge in [0.05, 0.1) is 18.3 Å². The summed E-state index contributed by atoms with van der Waals surface area (Å²) in [6, 6.07) is 28.9. The predicted octanol–water partition coefficient (Wildman–Crippen LogP) is 6.74. The Bertz CT molecular complexity index is 1270. The van der Waals surface area contributed by atoms with E-state index in [0.717, 1.165) is 46.6 Å². The molecule has 0 bridgehead atoms. The van der Waals surface area contributed by atoms with E-state index in [4.69, 9.17) is 0 Å². The molecule has 5 rings (SSSR count). The van der Waals surface area contributed by atoms with Gasteiger partial charge < -0.3 is 14.8 Å². The monoisotopic (exact) mass is 435 g/mol. The van der Waals surface area contributed by atoms with Crippen LogP contribution >= 0.6 is 0 Å². The molecule has 0 spiro atoms. The molecule has 0 aliphatic carbocycles. The maximum atomic E-state index is 13.8. The molecule has 2 heterocycles. The summed E-state index contributed by atoms with van der Waals surface area (Å²) in [5.74, 6) is 0. The van der Waals surface area contributed by atoms with E-state index in [2.05, 4.69) is 90.6 Å². The van der Waals surface area contributed by atoms with Crippen LogP contribution in [0.3, 0.4) is 0 Å². The van der Waals surface area contributed by atoms with Gasteiger partial charge in [-0.1, -0.05) is 74.5 Å². The van der Waals surface area contributed by atoms with E-state index in [1.165, 1.54) is 5.56 Å². The van der Waals surface area contributed by atoms with Gasteiger partial charge in [0.1, 0.15) is 0 Å². The SMILES string of the molecule is CCc1ccc([C@@H]2c3cccn3-c3ccccc3CN2C(=O)Nc2ccccc2CC)cc1. The Morgan fingerprint density at radius 2 is 1.64 bits per heavy atom. The van der Waals surface area contributed by atoms with E-state index in [-0.39, 0.29) is 12.1 Å². The first-order valence-electron chi connectivity index (χ1n) is 11.7. The number of anilines is 1. The van der Waals surface area contributed by atoms with Crippen molar-refractivity contribution < 1.29 is 4.79 Å². The lowest BCUT2D eigenvalue weighted by atomic mass is 9.99. The molecule has 1 N–H and O–H groups in total. The summed E-state index contributed by atoms with van der Waals surface area (Å²) in [4.78, 5) is 15.8. The molecule has 0 fully saturated rings. The van der Waals surface area contributed by atoms with E-state index in [1.54, 1.807) is 0 Å². The highest BCUT2D eigenvalue weighted by Crippen LogP contribution is 2.37. The molecule has 4 aromatic rings. The lowest BCUT2D eigenvalue weighted by Gasteiger charge is -2.31. The molecule has 1 aliphatic rings. The first kappa shape index (κ1) is 21.1. The van der Waals surface area contributed by atoms with Gasteiger partial charge in [-0.2, -0.15) is 0 Å². The summed E-state index contributed by atoms with van der Waals surface area (Å²) in [6.07, 6.45) is 3.95. The van der Waals surface area contributed by atoms with E-state index >= 15 is 0 Å². The molecule has 0 saturated carbocycles. The fourth-order valence-electron chi connectivity index (χ4n) is 4.76. The summed E-state index contributed by atoms with van der Waals surface area (Å²) in [7, 11) is 0. The lowest BCUT2D eigenvalue weighted by Crippen LogP contribution is -2.38. The fraction of sp³-hybridized carbons (Fsp3) is 0.207. The van der Waals surface area contributed by atoms with Gasteiger partial charge in [0.25, 0.3) is 0 Å². The van der Waals surface area contributed by atoms with Crippen molar-refractivity contribution in [2.75, 3.05) is 5.32 Å². The topological polar surface area (TPSA) is 37.3 Å². The summed E-state index contributed by atoms with van der Waals surface area (Å²) in [5.41, 5.74) is 7.74. The summed E-state index contributed by atoms with van der Waals surface area (Å²) < 4.78 is 2.22. The molecule has 0 radical (unpaired) electrons. The molecule has 0 saturated heterocycles. The second kappa shape index (κ2) is 8.99. The van der Waals surface area contributed by atoms with Crippen LogP contribution in [0.15, 0.2) is 91.1 Å². The first-order chi connectivity index (χ1) is 16.2. The fourth-order valence-corrected chi connectivity index (χ4v) is 4.76. The molecular formula is C29H29N3O. The largest absolute Gasteiger partial charge is 0.322 e. The Hall–Kier alpha value is -3.79. The lowest BCUT2D eigenvalue weighted by molar-refractivity contribution is 0.194. The van der Waals surface area contributed by atoms with Crippen LogP contribution in [0, 0.1) is 0 Å². The van der Waals surface area contributed by atoms with Crippen LogP contribution < -0.4 is 5.32 Å². The van der Waals surface area contributed by atoms with Gasteiger partial charge in [-0.25, -0.2) is 4.79 Å². The molecule has 4 nitrogen and oxygen atoms in total. The van der Waals surface area contributed by atoms with Crippen molar-refractivity contribution in [3.05, 3.63) is 119 Å². The number of amides is 2. The summed E-state index contributed by atoms with van der Waals surface area (Å²) in [6.45, 7) is 4.80. The quantitative estimate of drug-likeness (QED) is 0.379. The minimum atomic E-state index is -0.202. The first-order valence-corrected chi connectivity index (χ1v) is 11.7. The zero-order chi connectivity index (χ0) is 22.8. The van der Waals surface area contributed by atoms with Crippen molar-refractivity contribution in [1.29, 1.82) is 0 Å². The van der Waals surface area contributed by atoms with Crippen molar-refractivity contribution in [3.63, 3.8) is 0 Å². The van der Waals surface area contributed by atoms with Gasteiger partial charge in [0.15, 0.2) is 0 Å². The van der Waals surface area contributed by atoms with E-state index in [1.807, 2.05) is 29.2 Å². The molecule has 1 aromatic heterocycles. The van der Waals surface area contributed by atoms with Crippen molar-refractivity contribution in [1.82, 2.24) is 9.47 Å². The average Bonchev–Trinajstić information content (AvgIpc) is 3.28. The van der Waals surface area contributed by atoms with Crippen LogP contribution in [-0.2, 0) is 19.4 Å². The van der Waals surface area contributed by atoms with Crippen LogP contribution in [0.4, 0.5) is 10.5 Å². The minimum Gasteiger partial charge on any atom is -0.318 e. The minimum absolute atomic E-state index is 0.0927. The third-order valence-electron chi connectivity index (χ3n) is 6.57. The Balaban J connectivity index is 1.62. The number of nitrogens with zero attached hydrogens (tertiary/aromatic N) is 2. The van der Waals surface area contributed by atoms with Crippen molar-refractivity contribution in [3.8, 4) is 5.69 Å². The maximum Gasteiger partial charge on any atom is 0.322 e. The molecule has 166 valence electrons. The third kappa shape index (κ3) is 3.93. The van der Waals surface area contributed by atoms with Crippen molar-refractivity contribution in [2.24, 2.45) is 0 Å². The molecule has 1 atom stereocenters. The Morgan fingerprint density at radius 3 is 2.42 bits per heavy atom. The van der Waals surface area contributed by atoms with Gasteiger partial charge >= 0.3 is 6.03 Å². The van der Waals surface area contributed by atoms with Crippen LogP contribution in [0.1, 0.15) is 47.8 Å². The average molecular weight is 436 g/mol. The predicted molar refractivity (Wildman–Crippen MR) is 134 cm³/mol. The van der Waals surface area contributed by atoms with Gasteiger partial charge in [-0.05, 0) is 59.4 Å². The second-order valence-electron chi connectivity index (χ2n) is 8.50. The standard InChI is InChI=1S/C29H29N3O/c1-3-21-15-17-23(18-16-21)28-27-14-9-19-31(27)26-13-8-6-11-24(26)20-32(28)29(33)30-25-12-7-5-10-22(25)4-2/h5-19,28H,3-4,20H2,1-2H3,(H,30,33)/t28-/m1/s1. The molecule has 4 heteroatoms. The number of hydrogen-bond acceptors (Lipinski definition) is 1. The van der Waals surface area contributed by atoms with E-state index in [0.29, 0.717) is 6.54 Å². The van der Waals surface area contributed by atoms with Crippen LogP contribution in [0.25, 0.3) is 5.69 Å². The van der Waals surface area contributed by atoms with Gasteiger partial charge in [0, 0.05) is 17.6 Å². The second-order valence-corrected chi connectivity index (χ2v) is 8.50. The number of hydrogen-bond donors (Lipinski definition) is 1. The smallest absolute Gasteiger partial charge is 0.318 e. The van der Waals surface area contributed by atoms with Crippen molar-refractivity contribution in [2.45, 2.75) is 39.3 Å². The summed E-state index contributed by atoms with van der Waals surface area (Å²) >= 11 is 0. The number of benzene rings is 3. The Morgan fingerprint density at radius 1 is 0.879 bits per heavy atom. The highest BCUT2D eigenvalue weighted by Gasteiger charge is 2.33. The number of carbonyl (C=O) groups is 1. The van der Waals surface area contributed by atoms with Crippen LogP contribution in [0.5, 0.6) is 0 Å².